The number of nitrogen functional groups attached to an aromatic ring is 1. The Bertz CT molecular complexity index is 436. The van der Waals surface area contributed by atoms with Gasteiger partial charge in [0.05, 0.1) is 12.1 Å². The molecule has 0 heterocycles. The highest BCUT2D eigenvalue weighted by Crippen LogP contribution is 2.29. The molecule has 2 rings (SSSR count). The van der Waals surface area contributed by atoms with Gasteiger partial charge in [-0.3, -0.25) is 4.79 Å². The average Bonchev–Trinajstić information content (AvgIpc) is 2.77. The topological polar surface area (TPSA) is 75.4 Å². The Morgan fingerprint density at radius 1 is 1.39 bits per heavy atom. The second-order valence-corrected chi connectivity index (χ2v) is 4.87. The van der Waals surface area contributed by atoms with Crippen LogP contribution in [0, 0.1) is 5.82 Å². The fourth-order valence-corrected chi connectivity index (χ4v) is 2.43. The maximum absolute atomic E-state index is 13.2. The molecule has 18 heavy (non-hydrogen) atoms. The number of halogens is 1. The summed E-state index contributed by atoms with van der Waals surface area (Å²) in [7, 11) is 0. The molecule has 1 fully saturated rings. The van der Waals surface area contributed by atoms with Crippen molar-refractivity contribution < 1.29 is 14.3 Å². The van der Waals surface area contributed by atoms with Crippen LogP contribution in [0.4, 0.5) is 10.1 Å². The largest absolute Gasteiger partial charge is 0.399 e. The number of nitrogens with one attached hydrogen (secondary N) is 1. The van der Waals surface area contributed by atoms with Crippen molar-refractivity contribution in [1.82, 2.24) is 5.32 Å². The van der Waals surface area contributed by atoms with E-state index in [1.54, 1.807) is 0 Å². The monoisotopic (exact) mass is 252 g/mol. The van der Waals surface area contributed by atoms with Crippen molar-refractivity contribution >= 4 is 11.6 Å². The van der Waals surface area contributed by atoms with E-state index in [2.05, 4.69) is 5.32 Å². The molecule has 0 saturated heterocycles. The number of rotatable bonds is 3. The second kappa shape index (κ2) is 4.94. The number of benzene rings is 1. The molecule has 4 nitrogen and oxygen atoms in total. The van der Waals surface area contributed by atoms with Gasteiger partial charge in [-0.1, -0.05) is 12.8 Å². The summed E-state index contributed by atoms with van der Waals surface area (Å²) in [5.41, 5.74) is 5.34. The SMILES string of the molecule is Nc1cc(F)cc(C(=O)NC2(CO)CCCC2)c1. The van der Waals surface area contributed by atoms with Gasteiger partial charge in [0.1, 0.15) is 5.82 Å². The average molecular weight is 252 g/mol. The molecule has 4 N–H and O–H groups in total. The van der Waals surface area contributed by atoms with Crippen molar-refractivity contribution in [3.05, 3.63) is 29.6 Å². The third-order valence-electron chi connectivity index (χ3n) is 3.42. The smallest absolute Gasteiger partial charge is 0.251 e. The fraction of sp³-hybridized carbons (Fsp3) is 0.462. The molecule has 5 heteroatoms. The quantitative estimate of drug-likeness (QED) is 0.712. The van der Waals surface area contributed by atoms with E-state index in [1.807, 2.05) is 0 Å². The van der Waals surface area contributed by atoms with Crippen LogP contribution in [-0.4, -0.2) is 23.2 Å². The standard InChI is InChI=1S/C13H17FN2O2/c14-10-5-9(6-11(15)7-10)12(18)16-13(8-17)3-1-2-4-13/h5-7,17H,1-4,8,15H2,(H,16,18). The van der Waals surface area contributed by atoms with Crippen LogP contribution in [0.25, 0.3) is 0 Å². The van der Waals surface area contributed by atoms with Crippen molar-refractivity contribution in [1.29, 1.82) is 0 Å². The van der Waals surface area contributed by atoms with Crippen LogP contribution in [0.15, 0.2) is 18.2 Å². The van der Waals surface area contributed by atoms with Gasteiger partial charge in [0, 0.05) is 11.3 Å². The van der Waals surface area contributed by atoms with Gasteiger partial charge >= 0.3 is 0 Å². The highest BCUT2D eigenvalue weighted by Gasteiger charge is 2.34. The number of aliphatic hydroxyl groups excluding tert-OH is 1. The summed E-state index contributed by atoms with van der Waals surface area (Å²) in [6.45, 7) is -0.0937. The van der Waals surface area contributed by atoms with E-state index in [-0.39, 0.29) is 17.9 Å². The number of amides is 1. The minimum absolute atomic E-state index is 0.0937. The predicted octanol–water partition coefficient (Wildman–Crippen LogP) is 1.44. The molecule has 1 aromatic carbocycles. The van der Waals surface area contributed by atoms with Gasteiger partial charge in [0.25, 0.3) is 5.91 Å². The minimum Gasteiger partial charge on any atom is -0.399 e. The van der Waals surface area contributed by atoms with Gasteiger partial charge in [0.15, 0.2) is 0 Å². The lowest BCUT2D eigenvalue weighted by Crippen LogP contribution is -2.49. The Balaban J connectivity index is 2.16. The fourth-order valence-electron chi connectivity index (χ4n) is 2.43. The Kier molecular flexibility index (Phi) is 3.52. The van der Waals surface area contributed by atoms with Crippen LogP contribution >= 0.6 is 0 Å². The molecule has 98 valence electrons. The summed E-state index contributed by atoms with van der Waals surface area (Å²) in [6.07, 6.45) is 3.46. The number of carbonyl (C=O) groups excluding carboxylic acids is 1. The van der Waals surface area contributed by atoms with Gasteiger partial charge in [0.2, 0.25) is 0 Å². The zero-order valence-corrected chi connectivity index (χ0v) is 10.1. The van der Waals surface area contributed by atoms with E-state index < -0.39 is 17.3 Å². The Labute approximate surface area is 105 Å². The number of anilines is 1. The van der Waals surface area contributed by atoms with Crippen LogP contribution in [-0.2, 0) is 0 Å². The van der Waals surface area contributed by atoms with Crippen LogP contribution in [0.2, 0.25) is 0 Å². The molecule has 1 aromatic rings. The summed E-state index contributed by atoms with van der Waals surface area (Å²) in [6, 6.07) is 3.73. The van der Waals surface area contributed by atoms with Crippen LogP contribution in [0.1, 0.15) is 36.0 Å². The lowest BCUT2D eigenvalue weighted by Gasteiger charge is -2.28. The van der Waals surface area contributed by atoms with Crippen molar-refractivity contribution in [2.75, 3.05) is 12.3 Å². The molecule has 0 bridgehead atoms. The molecule has 0 atom stereocenters. The van der Waals surface area contributed by atoms with Gasteiger partial charge in [-0.15, -0.1) is 0 Å². The lowest BCUT2D eigenvalue weighted by atomic mass is 9.98. The third kappa shape index (κ3) is 2.61. The number of carbonyl (C=O) groups is 1. The third-order valence-corrected chi connectivity index (χ3v) is 3.42. The first kappa shape index (κ1) is 12.8. The number of nitrogens with two attached hydrogens (primary N) is 1. The Morgan fingerprint density at radius 2 is 2.06 bits per heavy atom. The van der Waals surface area contributed by atoms with Gasteiger partial charge in [-0.25, -0.2) is 4.39 Å². The predicted molar refractivity (Wildman–Crippen MR) is 66.6 cm³/mol. The van der Waals surface area contributed by atoms with E-state index in [9.17, 15) is 14.3 Å². The molecule has 0 aromatic heterocycles. The zero-order chi connectivity index (χ0) is 13.2. The first-order valence-electron chi connectivity index (χ1n) is 6.04. The summed E-state index contributed by atoms with van der Waals surface area (Å²) >= 11 is 0. The zero-order valence-electron chi connectivity index (χ0n) is 10.1. The molecule has 0 aliphatic heterocycles. The van der Waals surface area contributed by atoms with E-state index >= 15 is 0 Å². The Hall–Kier alpha value is -1.62. The minimum atomic E-state index is -0.557. The van der Waals surface area contributed by atoms with Gasteiger partial charge in [-0.05, 0) is 31.0 Å². The summed E-state index contributed by atoms with van der Waals surface area (Å²) in [5, 5.41) is 12.2. The van der Waals surface area contributed by atoms with Gasteiger partial charge < -0.3 is 16.2 Å². The normalized spacial score (nSPS) is 17.7. The molecule has 1 aliphatic carbocycles. The van der Waals surface area contributed by atoms with E-state index in [1.165, 1.54) is 6.07 Å². The highest BCUT2D eigenvalue weighted by molar-refractivity contribution is 5.95. The number of aliphatic hydroxyl groups is 1. The molecule has 0 unspecified atom stereocenters. The first-order valence-corrected chi connectivity index (χ1v) is 6.04. The lowest BCUT2D eigenvalue weighted by molar-refractivity contribution is 0.0838. The summed E-state index contributed by atoms with van der Waals surface area (Å²) in [5.74, 6) is -0.929. The molecule has 0 spiro atoms. The maximum atomic E-state index is 13.2. The van der Waals surface area contributed by atoms with Crippen LogP contribution in [0.3, 0.4) is 0 Å². The summed E-state index contributed by atoms with van der Waals surface area (Å²) in [4.78, 5) is 12.0. The van der Waals surface area contributed by atoms with Crippen LogP contribution < -0.4 is 11.1 Å². The molecule has 1 saturated carbocycles. The van der Waals surface area contributed by atoms with Gasteiger partial charge in [-0.2, -0.15) is 0 Å². The second-order valence-electron chi connectivity index (χ2n) is 4.87. The Morgan fingerprint density at radius 3 is 2.61 bits per heavy atom. The molecule has 0 radical (unpaired) electrons. The van der Waals surface area contributed by atoms with E-state index in [4.69, 9.17) is 5.73 Å². The number of hydrogen-bond acceptors (Lipinski definition) is 3. The van der Waals surface area contributed by atoms with Crippen molar-refractivity contribution in [2.24, 2.45) is 0 Å². The summed E-state index contributed by atoms with van der Waals surface area (Å²) < 4.78 is 13.2. The van der Waals surface area contributed by atoms with E-state index in [0.29, 0.717) is 0 Å². The molecular formula is C13H17FN2O2. The first-order chi connectivity index (χ1) is 8.54. The van der Waals surface area contributed by atoms with Crippen molar-refractivity contribution in [3.63, 3.8) is 0 Å². The highest BCUT2D eigenvalue weighted by atomic mass is 19.1. The number of hydrogen-bond donors (Lipinski definition) is 3. The van der Waals surface area contributed by atoms with Crippen LogP contribution in [0.5, 0.6) is 0 Å². The maximum Gasteiger partial charge on any atom is 0.251 e. The van der Waals surface area contributed by atoms with E-state index in [0.717, 1.165) is 37.8 Å². The molecule has 1 aliphatic rings. The molecule has 1 amide bonds. The van der Waals surface area contributed by atoms with Crippen molar-refractivity contribution in [3.8, 4) is 0 Å². The molecular weight excluding hydrogens is 235 g/mol. The van der Waals surface area contributed by atoms with Crippen molar-refractivity contribution in [2.45, 2.75) is 31.2 Å².